The van der Waals surface area contributed by atoms with Crippen molar-refractivity contribution in [2.24, 2.45) is 0 Å². The largest absolute Gasteiger partial charge is 0.378 e. The lowest BCUT2D eigenvalue weighted by Crippen LogP contribution is -2.51. The standard InChI is InChI=1S/C14H16FN3O2/c1-18(14(19)13-9-20-5-4-17-13)8-11-6-10(7-16)2-3-12(11)15/h2-3,6,13,17H,4-5,8-9H2,1H3. The predicted molar refractivity (Wildman–Crippen MR) is 70.2 cm³/mol. The van der Waals surface area contributed by atoms with Crippen molar-refractivity contribution >= 4 is 5.91 Å². The van der Waals surface area contributed by atoms with E-state index < -0.39 is 11.9 Å². The highest BCUT2D eigenvalue weighted by Gasteiger charge is 2.24. The summed E-state index contributed by atoms with van der Waals surface area (Å²) >= 11 is 0. The van der Waals surface area contributed by atoms with Crippen molar-refractivity contribution in [2.45, 2.75) is 12.6 Å². The average molecular weight is 277 g/mol. The third-order valence-corrected chi connectivity index (χ3v) is 3.18. The summed E-state index contributed by atoms with van der Waals surface area (Å²) in [4.78, 5) is 13.6. The first kappa shape index (κ1) is 14.4. The maximum absolute atomic E-state index is 13.7. The van der Waals surface area contributed by atoms with Crippen LogP contribution in [0.15, 0.2) is 18.2 Å². The highest BCUT2D eigenvalue weighted by atomic mass is 19.1. The Morgan fingerprint density at radius 2 is 2.45 bits per heavy atom. The molecular weight excluding hydrogens is 261 g/mol. The third kappa shape index (κ3) is 3.32. The molecule has 1 N–H and O–H groups in total. The molecule has 1 amide bonds. The summed E-state index contributed by atoms with van der Waals surface area (Å²) in [6.45, 7) is 1.66. The van der Waals surface area contributed by atoms with Crippen LogP contribution in [0.3, 0.4) is 0 Å². The number of benzene rings is 1. The molecule has 1 atom stereocenters. The summed E-state index contributed by atoms with van der Waals surface area (Å²) in [5.74, 6) is -0.567. The quantitative estimate of drug-likeness (QED) is 0.880. The van der Waals surface area contributed by atoms with Crippen LogP contribution in [0.1, 0.15) is 11.1 Å². The van der Waals surface area contributed by atoms with Crippen molar-refractivity contribution in [3.63, 3.8) is 0 Å². The number of amides is 1. The maximum atomic E-state index is 13.7. The fourth-order valence-corrected chi connectivity index (χ4v) is 2.09. The molecule has 1 aromatic rings. The van der Waals surface area contributed by atoms with Crippen LogP contribution in [-0.2, 0) is 16.1 Å². The van der Waals surface area contributed by atoms with Gasteiger partial charge in [-0.05, 0) is 18.2 Å². The van der Waals surface area contributed by atoms with Gasteiger partial charge in [0, 0.05) is 25.7 Å². The van der Waals surface area contributed by atoms with Gasteiger partial charge in [-0.3, -0.25) is 4.79 Å². The Balaban J connectivity index is 2.05. The molecule has 1 aliphatic heterocycles. The lowest BCUT2D eigenvalue weighted by atomic mass is 10.1. The van der Waals surface area contributed by atoms with E-state index in [-0.39, 0.29) is 12.5 Å². The van der Waals surface area contributed by atoms with Gasteiger partial charge in [0.2, 0.25) is 5.91 Å². The van der Waals surface area contributed by atoms with Crippen LogP contribution in [0.5, 0.6) is 0 Å². The zero-order valence-electron chi connectivity index (χ0n) is 11.2. The van der Waals surface area contributed by atoms with Gasteiger partial charge < -0.3 is 15.0 Å². The molecule has 0 aromatic heterocycles. The summed E-state index contributed by atoms with van der Waals surface area (Å²) in [7, 11) is 1.61. The van der Waals surface area contributed by atoms with Crippen molar-refractivity contribution in [3.8, 4) is 6.07 Å². The number of carbonyl (C=O) groups is 1. The molecule has 0 spiro atoms. The van der Waals surface area contributed by atoms with E-state index in [1.807, 2.05) is 6.07 Å². The zero-order chi connectivity index (χ0) is 14.5. The number of likely N-dealkylation sites (N-methyl/N-ethyl adjacent to an activating group) is 1. The summed E-state index contributed by atoms with van der Waals surface area (Å²) in [5.41, 5.74) is 0.706. The lowest BCUT2D eigenvalue weighted by Gasteiger charge is -2.27. The number of morpholine rings is 1. The second kappa shape index (κ2) is 6.46. The van der Waals surface area contributed by atoms with E-state index in [0.717, 1.165) is 0 Å². The molecule has 1 heterocycles. The first-order chi connectivity index (χ1) is 9.61. The summed E-state index contributed by atoms with van der Waals surface area (Å²) < 4.78 is 18.9. The Bertz CT molecular complexity index is 536. The molecule has 20 heavy (non-hydrogen) atoms. The average Bonchev–Trinajstić information content (AvgIpc) is 2.49. The molecule has 1 fully saturated rings. The van der Waals surface area contributed by atoms with Crippen LogP contribution in [0.4, 0.5) is 4.39 Å². The van der Waals surface area contributed by atoms with Crippen molar-refractivity contribution in [2.75, 3.05) is 26.8 Å². The Hall–Kier alpha value is -1.97. The first-order valence-electron chi connectivity index (χ1n) is 6.36. The van der Waals surface area contributed by atoms with E-state index in [1.165, 1.54) is 23.1 Å². The maximum Gasteiger partial charge on any atom is 0.242 e. The second-order valence-corrected chi connectivity index (χ2v) is 4.69. The van der Waals surface area contributed by atoms with Crippen molar-refractivity contribution in [1.82, 2.24) is 10.2 Å². The van der Waals surface area contributed by atoms with E-state index in [2.05, 4.69) is 5.32 Å². The van der Waals surface area contributed by atoms with Crippen LogP contribution >= 0.6 is 0 Å². The molecule has 0 bridgehead atoms. The van der Waals surface area contributed by atoms with Crippen LogP contribution in [0.2, 0.25) is 0 Å². The fraction of sp³-hybridized carbons (Fsp3) is 0.429. The van der Waals surface area contributed by atoms with Gasteiger partial charge in [0.05, 0.1) is 24.8 Å². The molecule has 0 saturated carbocycles. The molecule has 106 valence electrons. The van der Waals surface area contributed by atoms with E-state index >= 15 is 0 Å². The smallest absolute Gasteiger partial charge is 0.242 e. The van der Waals surface area contributed by atoms with Gasteiger partial charge in [0.15, 0.2) is 0 Å². The number of nitriles is 1. The number of ether oxygens (including phenoxy) is 1. The van der Waals surface area contributed by atoms with Crippen molar-refractivity contribution in [3.05, 3.63) is 35.1 Å². The molecule has 0 aliphatic carbocycles. The summed E-state index contributed by atoms with van der Waals surface area (Å²) in [5, 5.41) is 11.9. The number of nitrogens with one attached hydrogen (secondary N) is 1. The minimum atomic E-state index is -0.420. The second-order valence-electron chi connectivity index (χ2n) is 4.69. The molecule has 1 aliphatic rings. The summed E-state index contributed by atoms with van der Waals surface area (Å²) in [6, 6.07) is 5.69. The zero-order valence-corrected chi connectivity index (χ0v) is 11.2. The Morgan fingerprint density at radius 3 is 3.10 bits per heavy atom. The molecule has 0 radical (unpaired) electrons. The van der Waals surface area contributed by atoms with E-state index in [4.69, 9.17) is 10.00 Å². The molecule has 2 rings (SSSR count). The third-order valence-electron chi connectivity index (χ3n) is 3.18. The number of rotatable bonds is 3. The van der Waals surface area contributed by atoms with E-state index in [0.29, 0.717) is 30.9 Å². The van der Waals surface area contributed by atoms with Crippen LogP contribution in [0, 0.1) is 17.1 Å². The monoisotopic (exact) mass is 277 g/mol. The fourth-order valence-electron chi connectivity index (χ4n) is 2.09. The summed E-state index contributed by atoms with van der Waals surface area (Å²) in [6.07, 6.45) is 0. The van der Waals surface area contributed by atoms with Gasteiger partial charge in [-0.2, -0.15) is 5.26 Å². The Labute approximate surface area is 116 Å². The Kier molecular flexibility index (Phi) is 4.66. The molecule has 1 saturated heterocycles. The molecular formula is C14H16FN3O2. The molecule has 6 heteroatoms. The normalized spacial score (nSPS) is 18.4. The predicted octanol–water partition coefficient (Wildman–Crippen LogP) is 0.644. The highest BCUT2D eigenvalue weighted by molar-refractivity contribution is 5.81. The van der Waals surface area contributed by atoms with Gasteiger partial charge in [0.1, 0.15) is 11.9 Å². The van der Waals surface area contributed by atoms with Crippen LogP contribution in [0.25, 0.3) is 0 Å². The van der Waals surface area contributed by atoms with Gasteiger partial charge in [-0.25, -0.2) is 4.39 Å². The molecule has 5 nitrogen and oxygen atoms in total. The SMILES string of the molecule is CN(Cc1cc(C#N)ccc1F)C(=O)C1COCCN1. The van der Waals surface area contributed by atoms with Crippen LogP contribution in [-0.4, -0.2) is 43.7 Å². The van der Waals surface area contributed by atoms with E-state index in [1.54, 1.807) is 7.05 Å². The first-order valence-corrected chi connectivity index (χ1v) is 6.36. The Morgan fingerprint density at radius 1 is 1.65 bits per heavy atom. The number of hydrogen-bond acceptors (Lipinski definition) is 4. The minimum absolute atomic E-state index is 0.123. The lowest BCUT2D eigenvalue weighted by molar-refractivity contribution is -0.135. The van der Waals surface area contributed by atoms with Gasteiger partial charge in [-0.1, -0.05) is 0 Å². The van der Waals surface area contributed by atoms with Crippen LogP contribution < -0.4 is 5.32 Å². The van der Waals surface area contributed by atoms with Crippen molar-refractivity contribution in [1.29, 1.82) is 5.26 Å². The number of hydrogen-bond donors (Lipinski definition) is 1. The van der Waals surface area contributed by atoms with Crippen molar-refractivity contribution < 1.29 is 13.9 Å². The number of nitrogens with zero attached hydrogens (tertiary/aromatic N) is 2. The number of halogens is 1. The molecule has 1 unspecified atom stereocenters. The van der Waals surface area contributed by atoms with Gasteiger partial charge in [0.25, 0.3) is 0 Å². The number of carbonyl (C=O) groups excluding carboxylic acids is 1. The minimum Gasteiger partial charge on any atom is -0.378 e. The molecule has 1 aromatic carbocycles. The van der Waals surface area contributed by atoms with Gasteiger partial charge >= 0.3 is 0 Å². The van der Waals surface area contributed by atoms with E-state index in [9.17, 15) is 9.18 Å². The topological polar surface area (TPSA) is 65.4 Å². The van der Waals surface area contributed by atoms with Gasteiger partial charge in [-0.15, -0.1) is 0 Å². The highest BCUT2D eigenvalue weighted by Crippen LogP contribution is 2.13.